The molecule has 20 heavy (non-hydrogen) atoms. The van der Waals surface area contributed by atoms with Crippen molar-refractivity contribution in [3.8, 4) is 0 Å². The maximum Gasteiger partial charge on any atom is 0.319 e. The number of urea groups is 1. The highest BCUT2D eigenvalue weighted by molar-refractivity contribution is 7.99. The molecule has 2 amide bonds. The van der Waals surface area contributed by atoms with Gasteiger partial charge in [0.15, 0.2) is 0 Å². The number of anilines is 1. The Labute approximate surface area is 118 Å². The van der Waals surface area contributed by atoms with Crippen molar-refractivity contribution in [2.24, 2.45) is 7.05 Å². The summed E-state index contributed by atoms with van der Waals surface area (Å²) in [4.78, 5) is 15.0. The molecule has 10 heteroatoms. The van der Waals surface area contributed by atoms with Crippen LogP contribution >= 0.6 is 11.8 Å². The molecule has 0 aliphatic rings. The van der Waals surface area contributed by atoms with Crippen LogP contribution in [-0.2, 0) is 7.05 Å². The number of nitrogens with zero attached hydrogens (tertiary/aromatic N) is 5. The van der Waals surface area contributed by atoms with E-state index in [1.54, 1.807) is 11.7 Å². The average molecular weight is 297 g/mol. The third kappa shape index (κ3) is 4.16. The smallest absolute Gasteiger partial charge is 0.319 e. The molecule has 2 aromatic rings. The zero-order valence-corrected chi connectivity index (χ0v) is 11.4. The molecule has 0 unspecified atom stereocenters. The van der Waals surface area contributed by atoms with Gasteiger partial charge in [-0.25, -0.2) is 14.5 Å². The molecule has 0 saturated carbocycles. The maximum absolute atomic E-state index is 12.6. The van der Waals surface area contributed by atoms with Gasteiger partial charge in [0.05, 0.1) is 11.9 Å². The van der Waals surface area contributed by atoms with Crippen LogP contribution < -0.4 is 10.6 Å². The first-order valence-corrected chi connectivity index (χ1v) is 6.65. The number of halogens is 1. The fourth-order valence-electron chi connectivity index (χ4n) is 1.28. The number of aryl methyl sites for hydroxylation is 1. The molecule has 0 fully saturated rings. The van der Waals surface area contributed by atoms with Gasteiger partial charge < -0.3 is 10.6 Å². The highest BCUT2D eigenvalue weighted by atomic mass is 32.2. The predicted octanol–water partition coefficient (Wildman–Crippen LogP) is 0.658. The number of nitrogens with one attached hydrogen (secondary N) is 2. The highest BCUT2D eigenvalue weighted by Gasteiger charge is 2.04. The van der Waals surface area contributed by atoms with Crippen LogP contribution in [0, 0.1) is 5.95 Å². The summed E-state index contributed by atoms with van der Waals surface area (Å²) in [5.41, 5.74) is 0.425. The molecule has 2 aromatic heterocycles. The lowest BCUT2D eigenvalue weighted by Gasteiger charge is -2.06. The Kier molecular flexibility index (Phi) is 4.82. The summed E-state index contributed by atoms with van der Waals surface area (Å²) >= 11 is 1.43. The Morgan fingerprint density at radius 3 is 3.00 bits per heavy atom. The topological polar surface area (TPSA) is 97.6 Å². The first-order chi connectivity index (χ1) is 9.65. The summed E-state index contributed by atoms with van der Waals surface area (Å²) in [6.07, 6.45) is 1.24. The van der Waals surface area contributed by atoms with Crippen molar-refractivity contribution >= 4 is 23.5 Å². The Bertz CT molecular complexity index is 573. The zero-order chi connectivity index (χ0) is 14.4. The second kappa shape index (κ2) is 6.80. The van der Waals surface area contributed by atoms with Crippen LogP contribution in [0.4, 0.5) is 14.9 Å². The molecule has 2 N–H and O–H groups in total. The van der Waals surface area contributed by atoms with Gasteiger partial charge in [-0.15, -0.1) is 5.10 Å². The maximum atomic E-state index is 12.6. The molecule has 8 nitrogen and oxygen atoms in total. The third-order valence-electron chi connectivity index (χ3n) is 2.19. The van der Waals surface area contributed by atoms with Gasteiger partial charge in [0.1, 0.15) is 0 Å². The van der Waals surface area contributed by atoms with Crippen molar-refractivity contribution in [3.05, 3.63) is 24.3 Å². The van der Waals surface area contributed by atoms with Gasteiger partial charge in [0, 0.05) is 19.3 Å². The van der Waals surface area contributed by atoms with Crippen molar-refractivity contribution < 1.29 is 9.18 Å². The molecule has 0 radical (unpaired) electrons. The molecule has 0 aromatic carbocycles. The van der Waals surface area contributed by atoms with Crippen LogP contribution in [0.5, 0.6) is 0 Å². The molecule has 106 valence electrons. The van der Waals surface area contributed by atoms with Crippen LogP contribution in [0.2, 0.25) is 0 Å². The SMILES string of the molecule is Cn1nnnc1SCCNC(=O)Nc1ccc(F)nc1. The highest BCUT2D eigenvalue weighted by Crippen LogP contribution is 2.10. The van der Waals surface area contributed by atoms with Crippen molar-refractivity contribution in [2.75, 3.05) is 17.6 Å². The van der Waals surface area contributed by atoms with E-state index in [-0.39, 0.29) is 6.03 Å². The van der Waals surface area contributed by atoms with Crippen LogP contribution in [0.25, 0.3) is 0 Å². The monoisotopic (exact) mass is 297 g/mol. The van der Waals surface area contributed by atoms with Crippen LogP contribution in [0.1, 0.15) is 0 Å². The number of hydrogen-bond acceptors (Lipinski definition) is 6. The van der Waals surface area contributed by atoms with Crippen LogP contribution in [0.3, 0.4) is 0 Å². The van der Waals surface area contributed by atoms with Crippen molar-refractivity contribution in [1.29, 1.82) is 0 Å². The zero-order valence-electron chi connectivity index (χ0n) is 10.6. The van der Waals surface area contributed by atoms with Gasteiger partial charge in [-0.05, 0) is 22.6 Å². The molecule has 0 saturated heterocycles. The van der Waals surface area contributed by atoms with E-state index in [0.29, 0.717) is 23.1 Å². The number of pyridine rings is 1. The standard InChI is InChI=1S/C10H12FN7OS/c1-18-10(15-16-17-18)20-5-4-12-9(19)14-7-2-3-8(11)13-6-7/h2-3,6H,4-5H2,1H3,(H2,12,14,19). The molecular weight excluding hydrogens is 285 g/mol. The van der Waals surface area contributed by atoms with Crippen molar-refractivity contribution in [1.82, 2.24) is 30.5 Å². The fraction of sp³-hybridized carbons (Fsp3) is 0.300. The normalized spacial score (nSPS) is 10.3. The molecule has 0 atom stereocenters. The van der Waals surface area contributed by atoms with E-state index >= 15 is 0 Å². The Hall–Kier alpha value is -2.23. The number of rotatable bonds is 5. The molecule has 0 bridgehead atoms. The molecular formula is C10H12FN7OS. The molecule has 0 aliphatic heterocycles. The summed E-state index contributed by atoms with van der Waals surface area (Å²) in [6, 6.07) is 2.23. The number of tetrazole rings is 1. The van der Waals surface area contributed by atoms with E-state index in [1.807, 2.05) is 0 Å². The van der Waals surface area contributed by atoms with Gasteiger partial charge in [-0.3, -0.25) is 0 Å². The lowest BCUT2D eigenvalue weighted by molar-refractivity contribution is 0.252. The number of carbonyl (C=O) groups excluding carboxylic acids is 1. The van der Waals surface area contributed by atoms with E-state index in [9.17, 15) is 9.18 Å². The predicted molar refractivity (Wildman–Crippen MR) is 70.7 cm³/mol. The quantitative estimate of drug-likeness (QED) is 0.478. The van der Waals surface area contributed by atoms with Gasteiger partial charge in [-0.2, -0.15) is 4.39 Å². The van der Waals surface area contributed by atoms with E-state index in [1.165, 1.54) is 30.1 Å². The number of hydrogen-bond donors (Lipinski definition) is 2. The minimum Gasteiger partial charge on any atom is -0.337 e. The Morgan fingerprint density at radius 1 is 1.50 bits per heavy atom. The van der Waals surface area contributed by atoms with E-state index in [4.69, 9.17) is 0 Å². The molecule has 0 aliphatic carbocycles. The number of carbonyl (C=O) groups is 1. The minimum absolute atomic E-state index is 0.380. The number of amides is 2. The van der Waals surface area contributed by atoms with Gasteiger partial charge >= 0.3 is 6.03 Å². The van der Waals surface area contributed by atoms with Crippen molar-refractivity contribution in [3.63, 3.8) is 0 Å². The summed E-state index contributed by atoms with van der Waals surface area (Å²) in [7, 11) is 1.74. The number of thioether (sulfide) groups is 1. The molecule has 0 spiro atoms. The average Bonchev–Trinajstić information content (AvgIpc) is 2.83. The summed E-state index contributed by atoms with van der Waals surface area (Å²) in [6.45, 7) is 0.442. The van der Waals surface area contributed by atoms with E-state index < -0.39 is 5.95 Å². The lowest BCUT2D eigenvalue weighted by atomic mass is 10.4. The van der Waals surface area contributed by atoms with E-state index in [2.05, 4.69) is 31.1 Å². The van der Waals surface area contributed by atoms with Gasteiger partial charge in [0.25, 0.3) is 0 Å². The fourth-order valence-corrected chi connectivity index (χ4v) is 1.98. The first-order valence-electron chi connectivity index (χ1n) is 5.67. The second-order valence-electron chi connectivity index (χ2n) is 3.68. The largest absolute Gasteiger partial charge is 0.337 e. The Morgan fingerprint density at radius 2 is 2.35 bits per heavy atom. The number of aromatic nitrogens is 5. The van der Waals surface area contributed by atoms with Crippen LogP contribution in [-0.4, -0.2) is 43.5 Å². The molecule has 2 heterocycles. The third-order valence-corrected chi connectivity index (χ3v) is 3.20. The minimum atomic E-state index is -0.593. The van der Waals surface area contributed by atoms with Crippen LogP contribution in [0.15, 0.2) is 23.5 Å². The Balaban J connectivity index is 1.68. The summed E-state index contributed by atoms with van der Waals surface area (Å²) in [5, 5.41) is 16.9. The van der Waals surface area contributed by atoms with Gasteiger partial charge in [0.2, 0.25) is 11.1 Å². The van der Waals surface area contributed by atoms with Crippen molar-refractivity contribution in [2.45, 2.75) is 5.16 Å². The summed E-state index contributed by atoms with van der Waals surface area (Å²) in [5.74, 6) is 0.0354. The molecule has 2 rings (SSSR count). The first kappa shape index (κ1) is 14.2. The second-order valence-corrected chi connectivity index (χ2v) is 4.75. The lowest BCUT2D eigenvalue weighted by Crippen LogP contribution is -2.30. The van der Waals surface area contributed by atoms with Gasteiger partial charge in [-0.1, -0.05) is 11.8 Å². The van der Waals surface area contributed by atoms with E-state index in [0.717, 1.165) is 0 Å². The summed E-state index contributed by atoms with van der Waals surface area (Å²) < 4.78 is 14.1.